The Morgan fingerprint density at radius 1 is 1.30 bits per heavy atom. The Balaban J connectivity index is 2.82. The number of hydrogen-bond acceptors (Lipinski definition) is 4. The van der Waals surface area contributed by atoms with E-state index in [0.717, 1.165) is 0 Å². The average Bonchev–Trinajstić information content (AvgIpc) is 2.38. The fourth-order valence-corrected chi connectivity index (χ4v) is 2.75. The zero-order valence-corrected chi connectivity index (χ0v) is 13.0. The molecule has 0 amide bonds. The lowest BCUT2D eigenvalue weighted by molar-refractivity contribution is 0.0212. The smallest absolute Gasteiger partial charge is 0.240 e. The van der Waals surface area contributed by atoms with E-state index in [0.29, 0.717) is 5.56 Å². The van der Waals surface area contributed by atoms with E-state index in [2.05, 4.69) is 4.72 Å². The molecule has 0 heterocycles. The molecule has 0 aliphatic heterocycles. The molecule has 0 aromatic heterocycles. The van der Waals surface area contributed by atoms with Crippen molar-refractivity contribution in [3.63, 3.8) is 0 Å². The molecule has 110 valence electrons. The van der Waals surface area contributed by atoms with Crippen molar-refractivity contribution in [3.05, 3.63) is 29.8 Å². The molecule has 0 fully saturated rings. The maximum atomic E-state index is 12.1. The van der Waals surface area contributed by atoms with Crippen LogP contribution in [0.15, 0.2) is 29.2 Å². The Hall–Kier alpha value is -1.42. The first-order valence-electron chi connectivity index (χ1n) is 6.23. The number of nitriles is 1. The van der Waals surface area contributed by atoms with Crippen molar-refractivity contribution in [2.24, 2.45) is 5.41 Å². The normalized spacial score (nSPS) is 13.8. The van der Waals surface area contributed by atoms with E-state index in [9.17, 15) is 8.42 Å². The fraction of sp³-hybridized carbons (Fsp3) is 0.500. The number of nitrogens with zero attached hydrogens (tertiary/aromatic N) is 1. The summed E-state index contributed by atoms with van der Waals surface area (Å²) < 4.78 is 32.1. The van der Waals surface area contributed by atoms with Gasteiger partial charge in [0.15, 0.2) is 0 Å². The minimum absolute atomic E-state index is 0.139. The quantitative estimate of drug-likeness (QED) is 0.900. The van der Waals surface area contributed by atoms with E-state index in [1.54, 1.807) is 7.11 Å². The number of nitrogens with one attached hydrogen (secondary N) is 1. The maximum Gasteiger partial charge on any atom is 0.240 e. The molecule has 1 aromatic rings. The van der Waals surface area contributed by atoms with Gasteiger partial charge in [0.2, 0.25) is 10.0 Å². The molecule has 1 aromatic carbocycles. The van der Waals surface area contributed by atoms with Crippen molar-refractivity contribution in [3.8, 4) is 6.07 Å². The lowest BCUT2D eigenvalue weighted by Gasteiger charge is -2.29. The highest BCUT2D eigenvalue weighted by molar-refractivity contribution is 7.89. The number of benzene rings is 1. The van der Waals surface area contributed by atoms with Gasteiger partial charge in [0, 0.05) is 13.7 Å². The SMILES string of the molecule is CO[C@@H](CNS(=O)(=O)c1ccc(C#N)cc1)C(C)(C)C. The van der Waals surface area contributed by atoms with Gasteiger partial charge in [0.25, 0.3) is 0 Å². The summed E-state index contributed by atoms with van der Waals surface area (Å²) in [5, 5.41) is 8.70. The van der Waals surface area contributed by atoms with E-state index in [1.807, 2.05) is 26.8 Å². The van der Waals surface area contributed by atoms with E-state index in [-0.39, 0.29) is 23.0 Å². The summed E-state index contributed by atoms with van der Waals surface area (Å²) in [5.74, 6) is 0. The van der Waals surface area contributed by atoms with Crippen LogP contribution in [0.1, 0.15) is 26.3 Å². The molecule has 0 radical (unpaired) electrons. The number of hydrogen-bond donors (Lipinski definition) is 1. The van der Waals surface area contributed by atoms with Crippen LogP contribution in [0.5, 0.6) is 0 Å². The van der Waals surface area contributed by atoms with Crippen LogP contribution in [-0.2, 0) is 14.8 Å². The van der Waals surface area contributed by atoms with Crippen LogP contribution >= 0.6 is 0 Å². The van der Waals surface area contributed by atoms with Gasteiger partial charge in [-0.25, -0.2) is 13.1 Å². The molecule has 20 heavy (non-hydrogen) atoms. The highest BCUT2D eigenvalue weighted by Gasteiger charge is 2.26. The van der Waals surface area contributed by atoms with Crippen LogP contribution in [0, 0.1) is 16.7 Å². The van der Waals surface area contributed by atoms with Gasteiger partial charge in [0.1, 0.15) is 0 Å². The minimum Gasteiger partial charge on any atom is -0.380 e. The molecule has 0 bridgehead atoms. The van der Waals surface area contributed by atoms with Gasteiger partial charge in [-0.15, -0.1) is 0 Å². The molecule has 0 aliphatic carbocycles. The zero-order chi connectivity index (χ0) is 15.4. The average molecular weight is 296 g/mol. The Labute approximate surface area is 120 Å². The van der Waals surface area contributed by atoms with Gasteiger partial charge in [-0.2, -0.15) is 5.26 Å². The molecule has 0 saturated heterocycles. The molecule has 1 atom stereocenters. The first-order valence-corrected chi connectivity index (χ1v) is 7.71. The summed E-state index contributed by atoms with van der Waals surface area (Å²) in [6.45, 7) is 6.15. The molecule has 1 rings (SSSR count). The van der Waals surface area contributed by atoms with Crippen molar-refractivity contribution < 1.29 is 13.2 Å². The third-order valence-corrected chi connectivity index (χ3v) is 4.44. The summed E-state index contributed by atoms with van der Waals surface area (Å²) in [7, 11) is -2.03. The van der Waals surface area contributed by atoms with Crippen molar-refractivity contribution >= 4 is 10.0 Å². The second kappa shape index (κ2) is 6.35. The Kier molecular flexibility index (Phi) is 5.28. The standard InChI is InChI=1S/C14H20N2O3S/c1-14(2,3)13(19-4)10-16-20(17,18)12-7-5-11(9-15)6-8-12/h5-8,13,16H,10H2,1-4H3/t13-/m0/s1. The van der Waals surface area contributed by atoms with Crippen LogP contribution in [0.2, 0.25) is 0 Å². The molecule has 0 spiro atoms. The number of rotatable bonds is 5. The van der Waals surface area contributed by atoms with Gasteiger partial charge in [0.05, 0.1) is 22.6 Å². The molecule has 0 aliphatic rings. The number of ether oxygens (including phenoxy) is 1. The molecular formula is C14H20N2O3S. The van der Waals surface area contributed by atoms with Gasteiger partial charge < -0.3 is 4.74 Å². The van der Waals surface area contributed by atoms with E-state index in [4.69, 9.17) is 10.00 Å². The predicted octanol–water partition coefficient (Wildman–Crippen LogP) is 1.90. The highest BCUT2D eigenvalue weighted by Crippen LogP contribution is 2.21. The molecule has 1 N–H and O–H groups in total. The van der Waals surface area contributed by atoms with Gasteiger partial charge in [-0.3, -0.25) is 0 Å². The zero-order valence-electron chi connectivity index (χ0n) is 12.2. The first-order chi connectivity index (χ1) is 9.20. The largest absolute Gasteiger partial charge is 0.380 e. The maximum absolute atomic E-state index is 12.1. The summed E-state index contributed by atoms with van der Waals surface area (Å²) in [4.78, 5) is 0.139. The van der Waals surface area contributed by atoms with Crippen LogP contribution in [-0.4, -0.2) is 28.2 Å². The Morgan fingerprint density at radius 3 is 2.25 bits per heavy atom. The molecule has 0 saturated carbocycles. The first kappa shape index (κ1) is 16.6. The van der Waals surface area contributed by atoms with Crippen LogP contribution in [0.4, 0.5) is 0 Å². The predicted molar refractivity (Wildman–Crippen MR) is 76.6 cm³/mol. The molecule has 5 nitrogen and oxygen atoms in total. The second-order valence-corrected chi connectivity index (χ2v) is 7.35. The second-order valence-electron chi connectivity index (χ2n) is 5.58. The monoisotopic (exact) mass is 296 g/mol. The summed E-state index contributed by atoms with van der Waals surface area (Å²) >= 11 is 0. The third kappa shape index (κ3) is 4.30. The third-order valence-electron chi connectivity index (χ3n) is 3.00. The van der Waals surface area contributed by atoms with E-state index >= 15 is 0 Å². The van der Waals surface area contributed by atoms with Crippen molar-refractivity contribution in [2.75, 3.05) is 13.7 Å². The topological polar surface area (TPSA) is 79.2 Å². The fourth-order valence-electron chi connectivity index (χ4n) is 1.72. The molecule has 6 heteroatoms. The highest BCUT2D eigenvalue weighted by atomic mass is 32.2. The van der Waals surface area contributed by atoms with Gasteiger partial charge >= 0.3 is 0 Å². The molecule has 0 unspecified atom stereocenters. The van der Waals surface area contributed by atoms with Crippen molar-refractivity contribution in [1.82, 2.24) is 4.72 Å². The van der Waals surface area contributed by atoms with Gasteiger partial charge in [-0.05, 0) is 29.7 Å². The summed E-state index contributed by atoms with van der Waals surface area (Å²) in [6, 6.07) is 7.74. The summed E-state index contributed by atoms with van der Waals surface area (Å²) in [5.41, 5.74) is 0.260. The lowest BCUT2D eigenvalue weighted by atomic mass is 9.89. The number of sulfonamides is 1. The Morgan fingerprint density at radius 2 is 1.85 bits per heavy atom. The summed E-state index contributed by atoms with van der Waals surface area (Å²) in [6.07, 6.45) is -0.226. The van der Waals surface area contributed by atoms with Crippen molar-refractivity contribution in [1.29, 1.82) is 5.26 Å². The van der Waals surface area contributed by atoms with Gasteiger partial charge in [-0.1, -0.05) is 20.8 Å². The van der Waals surface area contributed by atoms with Crippen LogP contribution < -0.4 is 4.72 Å². The van der Waals surface area contributed by atoms with Crippen LogP contribution in [0.3, 0.4) is 0 Å². The van der Waals surface area contributed by atoms with E-state index < -0.39 is 10.0 Å². The van der Waals surface area contributed by atoms with E-state index in [1.165, 1.54) is 24.3 Å². The van der Waals surface area contributed by atoms with Crippen molar-refractivity contribution in [2.45, 2.75) is 31.8 Å². The molecular weight excluding hydrogens is 276 g/mol. The lowest BCUT2D eigenvalue weighted by Crippen LogP contribution is -2.40. The Bertz CT molecular complexity index is 580. The number of methoxy groups -OCH3 is 1. The van der Waals surface area contributed by atoms with Crippen LogP contribution in [0.25, 0.3) is 0 Å². The minimum atomic E-state index is -3.59.